The lowest BCUT2D eigenvalue weighted by Gasteiger charge is -2.22. The predicted octanol–water partition coefficient (Wildman–Crippen LogP) is 3.53. The standard InChI is InChI=1S/C21H37N3O4/c1-8-9-16(22-20(27)18(25)13(2)3)19(26)23-17-11-15(28-24-17)10-14(4)12-21(5,6)7/h11,13-14,16,18,25H,8-10,12H2,1-7H3,(H,22,27)(H,23,24,26). The summed E-state index contributed by atoms with van der Waals surface area (Å²) in [5, 5.41) is 19.1. The third-order valence-electron chi connectivity index (χ3n) is 4.43. The average molecular weight is 396 g/mol. The van der Waals surface area contributed by atoms with E-state index in [4.69, 9.17) is 4.52 Å². The fraction of sp³-hybridized carbons (Fsp3) is 0.762. The second kappa shape index (κ2) is 10.6. The van der Waals surface area contributed by atoms with Gasteiger partial charge in [-0.1, -0.05) is 60.0 Å². The molecule has 1 rings (SSSR count). The highest BCUT2D eigenvalue weighted by Crippen LogP contribution is 2.26. The summed E-state index contributed by atoms with van der Waals surface area (Å²) in [6, 6.07) is 0.996. The third kappa shape index (κ3) is 8.42. The van der Waals surface area contributed by atoms with Crippen LogP contribution >= 0.6 is 0 Å². The largest absolute Gasteiger partial charge is 0.383 e. The molecule has 0 aliphatic rings. The minimum absolute atomic E-state index is 0.224. The first-order chi connectivity index (χ1) is 12.9. The maximum Gasteiger partial charge on any atom is 0.249 e. The van der Waals surface area contributed by atoms with Crippen molar-refractivity contribution in [1.29, 1.82) is 0 Å². The molecule has 7 nitrogen and oxygen atoms in total. The Kier molecular flexibility index (Phi) is 9.14. The number of aromatic nitrogens is 1. The van der Waals surface area contributed by atoms with Crippen LogP contribution in [0.25, 0.3) is 0 Å². The number of aliphatic hydroxyl groups is 1. The van der Waals surface area contributed by atoms with Crippen molar-refractivity contribution in [2.24, 2.45) is 17.3 Å². The number of carbonyl (C=O) groups is 2. The highest BCUT2D eigenvalue weighted by molar-refractivity contribution is 5.97. The molecule has 1 heterocycles. The Hall–Kier alpha value is -1.89. The van der Waals surface area contributed by atoms with Gasteiger partial charge in [-0.25, -0.2) is 0 Å². The van der Waals surface area contributed by atoms with Crippen LogP contribution in [0.15, 0.2) is 10.6 Å². The van der Waals surface area contributed by atoms with E-state index >= 15 is 0 Å². The Morgan fingerprint density at radius 3 is 2.39 bits per heavy atom. The number of anilines is 1. The van der Waals surface area contributed by atoms with Crippen molar-refractivity contribution in [1.82, 2.24) is 10.5 Å². The smallest absolute Gasteiger partial charge is 0.249 e. The van der Waals surface area contributed by atoms with Gasteiger partial charge in [-0.15, -0.1) is 0 Å². The number of aliphatic hydroxyl groups excluding tert-OH is 1. The van der Waals surface area contributed by atoms with E-state index < -0.39 is 18.1 Å². The van der Waals surface area contributed by atoms with Crippen molar-refractivity contribution >= 4 is 17.6 Å². The highest BCUT2D eigenvalue weighted by atomic mass is 16.5. The predicted molar refractivity (Wildman–Crippen MR) is 110 cm³/mol. The zero-order valence-electron chi connectivity index (χ0n) is 18.3. The molecule has 2 amide bonds. The van der Waals surface area contributed by atoms with E-state index in [1.807, 2.05) is 6.92 Å². The molecule has 0 saturated carbocycles. The molecule has 3 unspecified atom stereocenters. The molecule has 0 spiro atoms. The minimum atomic E-state index is -1.14. The summed E-state index contributed by atoms with van der Waals surface area (Å²) in [5.74, 6) is 0.356. The zero-order chi connectivity index (χ0) is 21.5. The fourth-order valence-electron chi connectivity index (χ4n) is 3.26. The van der Waals surface area contributed by atoms with Crippen molar-refractivity contribution in [2.45, 2.75) is 86.3 Å². The van der Waals surface area contributed by atoms with E-state index in [1.165, 1.54) is 0 Å². The lowest BCUT2D eigenvalue weighted by atomic mass is 9.84. The van der Waals surface area contributed by atoms with Crippen molar-refractivity contribution < 1.29 is 19.2 Å². The second-order valence-corrected chi connectivity index (χ2v) is 9.28. The van der Waals surface area contributed by atoms with Crippen LogP contribution in [0.2, 0.25) is 0 Å². The van der Waals surface area contributed by atoms with E-state index in [1.54, 1.807) is 19.9 Å². The maximum absolute atomic E-state index is 12.6. The molecule has 0 radical (unpaired) electrons. The molecule has 0 fully saturated rings. The number of hydrogen-bond acceptors (Lipinski definition) is 5. The van der Waals surface area contributed by atoms with Crippen molar-refractivity contribution in [3.63, 3.8) is 0 Å². The molecule has 28 heavy (non-hydrogen) atoms. The van der Waals surface area contributed by atoms with Crippen molar-refractivity contribution in [3.8, 4) is 0 Å². The van der Waals surface area contributed by atoms with Crippen molar-refractivity contribution in [2.75, 3.05) is 5.32 Å². The van der Waals surface area contributed by atoms with Gasteiger partial charge in [0.15, 0.2) is 5.82 Å². The summed E-state index contributed by atoms with van der Waals surface area (Å²) in [7, 11) is 0. The van der Waals surface area contributed by atoms with Crippen LogP contribution in [-0.4, -0.2) is 34.2 Å². The van der Waals surface area contributed by atoms with Gasteiger partial charge < -0.3 is 20.3 Å². The Morgan fingerprint density at radius 1 is 1.21 bits per heavy atom. The molecule has 0 saturated heterocycles. The minimum Gasteiger partial charge on any atom is -0.383 e. The summed E-state index contributed by atoms with van der Waals surface area (Å²) in [6.45, 7) is 14.2. The van der Waals surface area contributed by atoms with Gasteiger partial charge in [-0.2, -0.15) is 0 Å². The SMILES string of the molecule is CCCC(NC(=O)C(O)C(C)C)C(=O)Nc1cc(CC(C)CC(C)(C)C)on1. The highest BCUT2D eigenvalue weighted by Gasteiger charge is 2.26. The van der Waals surface area contributed by atoms with E-state index in [0.29, 0.717) is 24.6 Å². The van der Waals surface area contributed by atoms with E-state index in [2.05, 4.69) is 43.5 Å². The molecular formula is C21H37N3O4. The lowest BCUT2D eigenvalue weighted by Crippen LogP contribution is -2.48. The molecule has 3 atom stereocenters. The normalized spacial score (nSPS) is 15.2. The molecule has 1 aromatic heterocycles. The quantitative estimate of drug-likeness (QED) is 0.562. The van der Waals surface area contributed by atoms with Gasteiger partial charge in [0.25, 0.3) is 0 Å². The molecule has 0 aliphatic carbocycles. The topological polar surface area (TPSA) is 104 Å². The molecule has 0 aromatic carbocycles. The first kappa shape index (κ1) is 24.1. The Bertz CT molecular complexity index is 634. The number of rotatable bonds is 10. The fourth-order valence-corrected chi connectivity index (χ4v) is 3.26. The van der Waals surface area contributed by atoms with Gasteiger partial charge >= 0.3 is 0 Å². The number of carbonyl (C=O) groups excluding carboxylic acids is 2. The summed E-state index contributed by atoms with van der Waals surface area (Å²) in [5.41, 5.74) is 0.239. The number of amides is 2. The van der Waals surface area contributed by atoms with Crippen LogP contribution in [0.1, 0.15) is 73.5 Å². The average Bonchev–Trinajstić information content (AvgIpc) is 2.98. The van der Waals surface area contributed by atoms with Gasteiger partial charge in [-0.3, -0.25) is 9.59 Å². The van der Waals surface area contributed by atoms with Crippen LogP contribution in [0, 0.1) is 17.3 Å². The van der Waals surface area contributed by atoms with Gasteiger partial charge in [-0.05, 0) is 30.1 Å². The molecular weight excluding hydrogens is 358 g/mol. The summed E-state index contributed by atoms with van der Waals surface area (Å²) < 4.78 is 5.35. The number of hydrogen-bond donors (Lipinski definition) is 3. The van der Waals surface area contributed by atoms with E-state index in [9.17, 15) is 14.7 Å². The number of nitrogens with zero attached hydrogens (tertiary/aromatic N) is 1. The molecule has 1 aromatic rings. The van der Waals surface area contributed by atoms with E-state index in [0.717, 1.165) is 18.6 Å². The van der Waals surface area contributed by atoms with Crippen LogP contribution in [0.4, 0.5) is 5.82 Å². The summed E-state index contributed by atoms with van der Waals surface area (Å²) in [6.07, 6.45) is 1.84. The molecule has 160 valence electrons. The van der Waals surface area contributed by atoms with E-state index in [-0.39, 0.29) is 17.2 Å². The Labute approximate surface area is 168 Å². The summed E-state index contributed by atoms with van der Waals surface area (Å²) >= 11 is 0. The molecule has 0 aliphatic heterocycles. The van der Waals surface area contributed by atoms with Gasteiger partial charge in [0.1, 0.15) is 17.9 Å². The van der Waals surface area contributed by atoms with Crippen LogP contribution < -0.4 is 10.6 Å². The van der Waals surface area contributed by atoms with Gasteiger partial charge in [0.05, 0.1) is 0 Å². The monoisotopic (exact) mass is 395 g/mol. The van der Waals surface area contributed by atoms with Crippen LogP contribution in [-0.2, 0) is 16.0 Å². The molecule has 0 bridgehead atoms. The molecule has 7 heteroatoms. The van der Waals surface area contributed by atoms with Gasteiger partial charge in [0, 0.05) is 12.5 Å². The maximum atomic E-state index is 12.6. The third-order valence-corrected chi connectivity index (χ3v) is 4.43. The first-order valence-electron chi connectivity index (χ1n) is 10.2. The number of nitrogens with one attached hydrogen (secondary N) is 2. The molecule has 3 N–H and O–H groups in total. The summed E-state index contributed by atoms with van der Waals surface area (Å²) in [4.78, 5) is 24.7. The second-order valence-electron chi connectivity index (χ2n) is 9.28. The van der Waals surface area contributed by atoms with Crippen LogP contribution in [0.3, 0.4) is 0 Å². The first-order valence-corrected chi connectivity index (χ1v) is 10.2. The van der Waals surface area contributed by atoms with Gasteiger partial charge in [0.2, 0.25) is 11.8 Å². The Balaban J connectivity index is 2.68. The zero-order valence-corrected chi connectivity index (χ0v) is 18.3. The lowest BCUT2D eigenvalue weighted by molar-refractivity contribution is -0.134. The van der Waals surface area contributed by atoms with Crippen LogP contribution in [0.5, 0.6) is 0 Å². The Morgan fingerprint density at radius 2 is 1.86 bits per heavy atom. The van der Waals surface area contributed by atoms with Crippen molar-refractivity contribution in [3.05, 3.63) is 11.8 Å².